The molecular formula is C14H23N3O. The maximum Gasteiger partial charge on any atom is 0.227 e. The predicted molar refractivity (Wildman–Crippen MR) is 69.0 cm³/mol. The van der Waals surface area contributed by atoms with Crippen LogP contribution >= 0.6 is 0 Å². The average molecular weight is 249 g/mol. The molecule has 2 bridgehead atoms. The summed E-state index contributed by atoms with van der Waals surface area (Å²) < 4.78 is 5.03. The second-order valence-electron chi connectivity index (χ2n) is 6.70. The Morgan fingerprint density at radius 3 is 2.83 bits per heavy atom. The topological polar surface area (TPSA) is 51.0 Å². The van der Waals surface area contributed by atoms with Crippen LogP contribution in [0, 0.1) is 16.7 Å². The normalized spacial score (nSPS) is 37.3. The maximum atomic E-state index is 5.03. The van der Waals surface area contributed by atoms with Crippen LogP contribution in [0.5, 0.6) is 0 Å². The molecule has 1 aromatic heterocycles. The molecule has 0 amide bonds. The summed E-state index contributed by atoms with van der Waals surface area (Å²) in [5.41, 5.74) is 0.932. The van der Waals surface area contributed by atoms with Crippen LogP contribution in [0.15, 0.2) is 10.9 Å². The van der Waals surface area contributed by atoms with Crippen molar-refractivity contribution in [3.05, 3.63) is 12.2 Å². The zero-order chi connectivity index (χ0) is 12.8. The third kappa shape index (κ3) is 1.62. The van der Waals surface area contributed by atoms with Crippen LogP contribution < -0.4 is 5.32 Å². The van der Waals surface area contributed by atoms with E-state index in [1.165, 1.54) is 25.6 Å². The van der Waals surface area contributed by atoms with Gasteiger partial charge in [0.1, 0.15) is 0 Å². The number of fused-ring (bicyclic) bond motifs is 2. The third-order valence-corrected chi connectivity index (χ3v) is 5.93. The molecule has 3 atom stereocenters. The molecule has 2 aliphatic rings. The van der Waals surface area contributed by atoms with Crippen LogP contribution in [0.3, 0.4) is 0 Å². The lowest BCUT2D eigenvalue weighted by Crippen LogP contribution is -2.45. The van der Waals surface area contributed by atoms with Gasteiger partial charge in [-0.2, -0.15) is 4.98 Å². The van der Waals surface area contributed by atoms with Gasteiger partial charge in [-0.05, 0) is 36.0 Å². The highest BCUT2D eigenvalue weighted by Gasteiger charge is 2.60. The summed E-state index contributed by atoms with van der Waals surface area (Å²) in [5, 5.41) is 7.35. The average Bonchev–Trinajstić information content (AvgIpc) is 2.95. The van der Waals surface area contributed by atoms with E-state index in [-0.39, 0.29) is 0 Å². The summed E-state index contributed by atoms with van der Waals surface area (Å²) in [6, 6.07) is 0.647. The first kappa shape index (κ1) is 12.2. The molecule has 0 spiro atoms. The monoisotopic (exact) mass is 249 g/mol. The molecule has 0 aromatic carbocycles. The minimum absolute atomic E-state index is 0.451. The number of nitrogens with one attached hydrogen (secondary N) is 1. The van der Waals surface area contributed by atoms with E-state index in [1.807, 2.05) is 0 Å². The fourth-order valence-electron chi connectivity index (χ4n) is 4.17. The van der Waals surface area contributed by atoms with Gasteiger partial charge in [-0.15, -0.1) is 0 Å². The Hall–Kier alpha value is -0.900. The minimum Gasteiger partial charge on any atom is -0.340 e. The summed E-state index contributed by atoms with van der Waals surface area (Å²) >= 11 is 0. The lowest BCUT2D eigenvalue weighted by Gasteiger charge is -2.39. The zero-order valence-corrected chi connectivity index (χ0v) is 11.6. The van der Waals surface area contributed by atoms with E-state index in [4.69, 9.17) is 4.52 Å². The van der Waals surface area contributed by atoms with Crippen LogP contribution in [0.1, 0.15) is 45.9 Å². The summed E-state index contributed by atoms with van der Waals surface area (Å²) in [4.78, 5) is 4.06. The van der Waals surface area contributed by atoms with Crippen molar-refractivity contribution in [3.8, 4) is 0 Å². The van der Waals surface area contributed by atoms with Crippen molar-refractivity contribution in [1.82, 2.24) is 15.5 Å². The van der Waals surface area contributed by atoms with Crippen molar-refractivity contribution in [2.24, 2.45) is 16.7 Å². The second-order valence-corrected chi connectivity index (χ2v) is 6.70. The Bertz CT molecular complexity index is 415. The quantitative estimate of drug-likeness (QED) is 0.890. The van der Waals surface area contributed by atoms with Gasteiger partial charge in [-0.3, -0.25) is 0 Å². The van der Waals surface area contributed by atoms with Gasteiger partial charge in [-0.1, -0.05) is 25.9 Å². The van der Waals surface area contributed by atoms with E-state index >= 15 is 0 Å². The van der Waals surface area contributed by atoms with Gasteiger partial charge in [0, 0.05) is 19.0 Å². The first-order valence-electron chi connectivity index (χ1n) is 7.03. The lowest BCUT2D eigenvalue weighted by atomic mass is 9.69. The lowest BCUT2D eigenvalue weighted by molar-refractivity contribution is 0.121. The van der Waals surface area contributed by atoms with Gasteiger partial charge >= 0.3 is 0 Å². The van der Waals surface area contributed by atoms with Gasteiger partial charge in [0.2, 0.25) is 5.89 Å². The van der Waals surface area contributed by atoms with Crippen molar-refractivity contribution in [2.45, 2.75) is 52.5 Å². The first-order valence-corrected chi connectivity index (χ1v) is 7.03. The molecule has 3 rings (SSSR count). The summed E-state index contributed by atoms with van der Waals surface area (Å²) in [7, 11) is 0. The Morgan fingerprint density at radius 2 is 2.28 bits per heavy atom. The highest BCUT2D eigenvalue weighted by molar-refractivity contribution is 5.12. The van der Waals surface area contributed by atoms with Crippen molar-refractivity contribution < 1.29 is 4.52 Å². The Morgan fingerprint density at radius 1 is 1.44 bits per heavy atom. The number of aromatic nitrogens is 2. The Balaban J connectivity index is 1.59. The molecule has 1 N–H and O–H groups in total. The minimum atomic E-state index is 0.451. The zero-order valence-electron chi connectivity index (χ0n) is 11.6. The molecule has 2 fully saturated rings. The molecule has 2 aliphatic carbocycles. The summed E-state index contributed by atoms with van der Waals surface area (Å²) in [5.74, 6) is 1.62. The molecule has 4 heteroatoms. The molecule has 100 valence electrons. The van der Waals surface area contributed by atoms with Crippen molar-refractivity contribution >= 4 is 0 Å². The predicted octanol–water partition coefficient (Wildman–Crippen LogP) is 2.42. The highest BCUT2D eigenvalue weighted by Crippen LogP contribution is 2.65. The standard InChI is InChI=1S/C14H23N3O/c1-13(2)10-4-6-14(13,3)11(8-10)15-7-5-12-16-9-17-18-12/h9-11,15H,4-8H2,1-3H3. The smallest absolute Gasteiger partial charge is 0.227 e. The molecule has 0 radical (unpaired) electrons. The number of nitrogens with zero attached hydrogens (tertiary/aromatic N) is 2. The van der Waals surface area contributed by atoms with E-state index in [0.29, 0.717) is 16.9 Å². The van der Waals surface area contributed by atoms with Gasteiger partial charge in [-0.25, -0.2) is 0 Å². The molecule has 0 saturated heterocycles. The molecule has 1 heterocycles. The molecule has 4 nitrogen and oxygen atoms in total. The molecular weight excluding hydrogens is 226 g/mol. The Kier molecular flexibility index (Phi) is 2.73. The summed E-state index contributed by atoms with van der Waals surface area (Å²) in [6.45, 7) is 8.30. The highest BCUT2D eigenvalue weighted by atomic mass is 16.5. The fraction of sp³-hybridized carbons (Fsp3) is 0.857. The van der Waals surface area contributed by atoms with Gasteiger partial charge in [0.05, 0.1) is 0 Å². The fourth-order valence-corrected chi connectivity index (χ4v) is 4.17. The molecule has 3 unspecified atom stereocenters. The summed E-state index contributed by atoms with van der Waals surface area (Å²) in [6.07, 6.45) is 6.40. The van der Waals surface area contributed by atoms with Gasteiger partial charge in [0.25, 0.3) is 0 Å². The van der Waals surface area contributed by atoms with Crippen LogP contribution in [-0.2, 0) is 6.42 Å². The molecule has 1 aromatic rings. The van der Waals surface area contributed by atoms with E-state index in [0.717, 1.165) is 24.8 Å². The molecule has 0 aliphatic heterocycles. The molecule has 18 heavy (non-hydrogen) atoms. The Labute approximate surface area is 109 Å². The van der Waals surface area contributed by atoms with Gasteiger partial charge < -0.3 is 9.84 Å². The van der Waals surface area contributed by atoms with Gasteiger partial charge in [0.15, 0.2) is 6.33 Å². The van der Waals surface area contributed by atoms with E-state index in [9.17, 15) is 0 Å². The van der Waals surface area contributed by atoms with Crippen LogP contribution in [0.25, 0.3) is 0 Å². The van der Waals surface area contributed by atoms with Crippen molar-refractivity contribution in [1.29, 1.82) is 0 Å². The number of rotatable bonds is 4. The SMILES string of the molecule is CC1(C)C2CCC1(C)C(NCCc1ncno1)C2. The van der Waals surface area contributed by atoms with Crippen LogP contribution in [0.4, 0.5) is 0 Å². The van der Waals surface area contributed by atoms with E-state index < -0.39 is 0 Å². The van der Waals surface area contributed by atoms with Crippen molar-refractivity contribution in [2.75, 3.05) is 6.54 Å². The maximum absolute atomic E-state index is 5.03. The first-order chi connectivity index (χ1) is 8.54. The number of hydrogen-bond donors (Lipinski definition) is 1. The third-order valence-electron chi connectivity index (χ3n) is 5.93. The van der Waals surface area contributed by atoms with E-state index in [1.54, 1.807) is 0 Å². The number of hydrogen-bond acceptors (Lipinski definition) is 4. The largest absolute Gasteiger partial charge is 0.340 e. The van der Waals surface area contributed by atoms with Crippen molar-refractivity contribution in [3.63, 3.8) is 0 Å². The second kappa shape index (κ2) is 4.05. The molecule has 2 saturated carbocycles. The van der Waals surface area contributed by atoms with Crippen LogP contribution in [-0.4, -0.2) is 22.7 Å². The van der Waals surface area contributed by atoms with E-state index in [2.05, 4.69) is 36.2 Å². The van der Waals surface area contributed by atoms with Crippen LogP contribution in [0.2, 0.25) is 0 Å².